The van der Waals surface area contributed by atoms with Crippen molar-refractivity contribution in [3.63, 3.8) is 0 Å². The number of ether oxygens (including phenoxy) is 1. The lowest BCUT2D eigenvalue weighted by Gasteiger charge is -2.29. The molecule has 0 radical (unpaired) electrons. The summed E-state index contributed by atoms with van der Waals surface area (Å²) in [4.78, 5) is 11.1. The zero-order valence-corrected chi connectivity index (χ0v) is 7.80. The molecule has 0 aromatic carbocycles. The second-order valence-electron chi connectivity index (χ2n) is 3.28. The van der Waals surface area contributed by atoms with E-state index in [1.165, 1.54) is 26.4 Å². The molecule has 1 fully saturated rings. The summed E-state index contributed by atoms with van der Waals surface area (Å²) in [6.07, 6.45) is 4.50. The first-order chi connectivity index (χ1) is 5.77. The minimum atomic E-state index is -0.135. The van der Waals surface area contributed by atoms with Crippen LogP contribution < -0.4 is 5.32 Å². The Balaban J connectivity index is 2.28. The number of carbonyl (C=O) groups excluding carboxylic acids is 1. The second kappa shape index (κ2) is 4.45. The molecule has 0 aliphatic heterocycles. The van der Waals surface area contributed by atoms with Crippen molar-refractivity contribution in [2.75, 3.05) is 7.11 Å². The van der Waals surface area contributed by atoms with Crippen molar-refractivity contribution in [1.82, 2.24) is 5.32 Å². The molecule has 0 aromatic rings. The summed E-state index contributed by atoms with van der Waals surface area (Å²) < 4.78 is 4.67. The van der Waals surface area contributed by atoms with Gasteiger partial charge in [-0.1, -0.05) is 13.3 Å². The molecule has 1 rings (SSSR count). The molecule has 3 heteroatoms. The molecule has 0 aromatic heterocycles. The molecule has 1 saturated carbocycles. The van der Waals surface area contributed by atoms with Crippen molar-refractivity contribution in [3.05, 3.63) is 0 Å². The highest BCUT2D eigenvalue weighted by atomic mass is 16.5. The van der Waals surface area contributed by atoms with Crippen LogP contribution in [0.2, 0.25) is 0 Å². The van der Waals surface area contributed by atoms with E-state index in [1.54, 1.807) is 0 Å². The number of nitrogens with one attached hydrogen (secondary N) is 1. The fraction of sp³-hybridized carbons (Fsp3) is 0.889. The monoisotopic (exact) mass is 171 g/mol. The smallest absolute Gasteiger partial charge is 0.322 e. The van der Waals surface area contributed by atoms with Gasteiger partial charge in [0.1, 0.15) is 6.04 Å². The molecular weight excluding hydrogens is 154 g/mol. The average molecular weight is 171 g/mol. The fourth-order valence-corrected chi connectivity index (χ4v) is 1.35. The van der Waals surface area contributed by atoms with Gasteiger partial charge < -0.3 is 10.1 Å². The van der Waals surface area contributed by atoms with E-state index in [9.17, 15) is 4.79 Å². The third kappa shape index (κ3) is 2.21. The van der Waals surface area contributed by atoms with Crippen LogP contribution in [-0.2, 0) is 9.53 Å². The lowest BCUT2D eigenvalue weighted by molar-refractivity contribution is -0.143. The van der Waals surface area contributed by atoms with Gasteiger partial charge in [-0.25, -0.2) is 0 Å². The van der Waals surface area contributed by atoms with Crippen molar-refractivity contribution in [3.8, 4) is 0 Å². The molecule has 1 unspecified atom stereocenters. The van der Waals surface area contributed by atoms with E-state index in [0.717, 1.165) is 6.42 Å². The zero-order chi connectivity index (χ0) is 8.97. The second-order valence-corrected chi connectivity index (χ2v) is 3.28. The van der Waals surface area contributed by atoms with E-state index in [4.69, 9.17) is 0 Å². The van der Waals surface area contributed by atoms with E-state index in [2.05, 4.69) is 10.1 Å². The van der Waals surface area contributed by atoms with E-state index < -0.39 is 0 Å². The minimum absolute atomic E-state index is 0.0969. The molecule has 1 aliphatic carbocycles. The van der Waals surface area contributed by atoms with Gasteiger partial charge in [0.25, 0.3) is 0 Å². The molecule has 0 amide bonds. The highest BCUT2D eigenvalue weighted by Gasteiger charge is 2.24. The summed E-state index contributed by atoms with van der Waals surface area (Å²) in [7, 11) is 1.44. The first-order valence-corrected chi connectivity index (χ1v) is 4.61. The summed E-state index contributed by atoms with van der Waals surface area (Å²) in [6, 6.07) is 0.453. The summed E-state index contributed by atoms with van der Waals surface area (Å²) in [5, 5.41) is 3.28. The topological polar surface area (TPSA) is 38.3 Å². The highest BCUT2D eigenvalue weighted by molar-refractivity contribution is 5.75. The number of rotatable bonds is 4. The van der Waals surface area contributed by atoms with Crippen LogP contribution in [0.3, 0.4) is 0 Å². The molecule has 0 heterocycles. The molecule has 0 bridgehead atoms. The van der Waals surface area contributed by atoms with Crippen LogP contribution in [0.1, 0.15) is 32.6 Å². The molecule has 1 N–H and O–H groups in total. The Bertz CT molecular complexity index is 155. The zero-order valence-electron chi connectivity index (χ0n) is 7.80. The molecule has 0 spiro atoms. The van der Waals surface area contributed by atoms with E-state index in [-0.39, 0.29) is 12.0 Å². The molecule has 1 atom stereocenters. The predicted molar refractivity (Wildman–Crippen MR) is 46.9 cm³/mol. The van der Waals surface area contributed by atoms with E-state index >= 15 is 0 Å². The standard InChI is InChI=1S/C9H17NO2/c1-3-8(9(11)12-2)10-7-5-4-6-7/h7-8,10H,3-6H2,1-2H3. The van der Waals surface area contributed by atoms with Crippen LogP contribution in [0.15, 0.2) is 0 Å². The van der Waals surface area contributed by atoms with Crippen LogP contribution in [0.25, 0.3) is 0 Å². The van der Waals surface area contributed by atoms with Crippen molar-refractivity contribution < 1.29 is 9.53 Å². The van der Waals surface area contributed by atoms with Gasteiger partial charge in [0.2, 0.25) is 0 Å². The summed E-state index contributed by atoms with van der Waals surface area (Å²) in [5.41, 5.74) is 0. The molecule has 70 valence electrons. The molecule has 12 heavy (non-hydrogen) atoms. The number of methoxy groups -OCH3 is 1. The maximum atomic E-state index is 11.1. The van der Waals surface area contributed by atoms with Crippen molar-refractivity contribution in [2.45, 2.75) is 44.7 Å². The Labute approximate surface area is 73.5 Å². The van der Waals surface area contributed by atoms with E-state index in [0.29, 0.717) is 6.04 Å². The SMILES string of the molecule is CCC(NC1CCC1)C(=O)OC. The Morgan fingerprint density at radius 1 is 1.67 bits per heavy atom. The van der Waals surface area contributed by atoms with Crippen LogP contribution >= 0.6 is 0 Å². The van der Waals surface area contributed by atoms with Gasteiger partial charge in [0.05, 0.1) is 7.11 Å². The predicted octanol–water partition coefficient (Wildman–Crippen LogP) is 1.08. The van der Waals surface area contributed by atoms with Crippen molar-refractivity contribution in [1.29, 1.82) is 0 Å². The summed E-state index contributed by atoms with van der Waals surface area (Å²) >= 11 is 0. The Kier molecular flexibility index (Phi) is 3.53. The fourth-order valence-electron chi connectivity index (χ4n) is 1.35. The van der Waals surface area contributed by atoms with Crippen molar-refractivity contribution in [2.24, 2.45) is 0 Å². The molecule has 1 aliphatic rings. The number of hydrogen-bond donors (Lipinski definition) is 1. The van der Waals surface area contributed by atoms with Gasteiger partial charge in [0.15, 0.2) is 0 Å². The minimum Gasteiger partial charge on any atom is -0.468 e. The number of carbonyl (C=O) groups is 1. The van der Waals surface area contributed by atoms with Gasteiger partial charge >= 0.3 is 5.97 Å². The first-order valence-electron chi connectivity index (χ1n) is 4.61. The van der Waals surface area contributed by atoms with Crippen LogP contribution in [0, 0.1) is 0 Å². The third-order valence-corrected chi connectivity index (χ3v) is 2.44. The molecular formula is C9H17NO2. The normalized spacial score (nSPS) is 19.8. The summed E-state index contributed by atoms with van der Waals surface area (Å²) in [5.74, 6) is -0.135. The molecule has 0 saturated heterocycles. The van der Waals surface area contributed by atoms with Crippen molar-refractivity contribution >= 4 is 5.97 Å². The van der Waals surface area contributed by atoms with Gasteiger partial charge in [-0.2, -0.15) is 0 Å². The molecule has 3 nitrogen and oxygen atoms in total. The third-order valence-electron chi connectivity index (χ3n) is 2.44. The van der Waals surface area contributed by atoms with Gasteiger partial charge in [-0.05, 0) is 19.3 Å². The highest BCUT2D eigenvalue weighted by Crippen LogP contribution is 2.19. The van der Waals surface area contributed by atoms with Gasteiger partial charge in [-0.15, -0.1) is 0 Å². The lowest BCUT2D eigenvalue weighted by atomic mass is 9.92. The van der Waals surface area contributed by atoms with Crippen LogP contribution in [0.4, 0.5) is 0 Å². The summed E-state index contributed by atoms with van der Waals surface area (Å²) in [6.45, 7) is 1.99. The van der Waals surface area contributed by atoms with Crippen LogP contribution in [0.5, 0.6) is 0 Å². The van der Waals surface area contributed by atoms with E-state index in [1.807, 2.05) is 6.92 Å². The van der Waals surface area contributed by atoms with Gasteiger partial charge in [0, 0.05) is 6.04 Å². The maximum Gasteiger partial charge on any atom is 0.322 e. The number of esters is 1. The van der Waals surface area contributed by atoms with Crippen LogP contribution in [-0.4, -0.2) is 25.2 Å². The number of hydrogen-bond acceptors (Lipinski definition) is 3. The Hall–Kier alpha value is -0.570. The maximum absolute atomic E-state index is 11.1. The Morgan fingerprint density at radius 3 is 2.67 bits per heavy atom. The quantitative estimate of drug-likeness (QED) is 0.643. The lowest BCUT2D eigenvalue weighted by Crippen LogP contribution is -2.46. The largest absolute Gasteiger partial charge is 0.468 e. The average Bonchev–Trinajstić information content (AvgIpc) is 2.02. The Morgan fingerprint density at radius 2 is 2.33 bits per heavy atom. The first kappa shape index (κ1) is 9.52. The van der Waals surface area contributed by atoms with Gasteiger partial charge in [-0.3, -0.25) is 4.79 Å².